The molecule has 50 heavy (non-hydrogen) atoms. The van der Waals surface area contributed by atoms with Gasteiger partial charge in [-0.15, -0.1) is 0 Å². The first-order valence-electron chi connectivity index (χ1n) is 15.8. The number of aromatic nitrogens is 4. The van der Waals surface area contributed by atoms with Crippen LogP contribution in [0.15, 0.2) is 18.7 Å². The lowest BCUT2D eigenvalue weighted by molar-refractivity contribution is -0.127. The topological polar surface area (TPSA) is 198 Å². The summed E-state index contributed by atoms with van der Waals surface area (Å²) in [5.74, 6) is -1.77. The zero-order chi connectivity index (χ0) is 36.8. The number of carbonyl (C=O) groups excluding carboxylic acids is 4. The molecule has 18 heteroatoms. The van der Waals surface area contributed by atoms with Crippen molar-refractivity contribution in [2.24, 2.45) is 0 Å². The maximum absolute atomic E-state index is 15.4. The van der Waals surface area contributed by atoms with Crippen LogP contribution in [0.5, 0.6) is 0 Å². The Bertz CT molecular complexity index is 1870. The third kappa shape index (κ3) is 7.72. The first-order chi connectivity index (χ1) is 23.3. The van der Waals surface area contributed by atoms with E-state index in [4.69, 9.17) is 21.1 Å². The fraction of sp³-hybridized carbons (Fsp3) is 0.500. The molecule has 268 valence electrons. The van der Waals surface area contributed by atoms with Crippen molar-refractivity contribution in [3.05, 3.63) is 40.7 Å². The van der Waals surface area contributed by atoms with Gasteiger partial charge in [-0.3, -0.25) is 9.59 Å². The highest BCUT2D eigenvalue weighted by atomic mass is 35.5. The number of rotatable bonds is 8. The Kier molecular flexibility index (Phi) is 9.66. The first-order valence-corrected chi connectivity index (χ1v) is 16.2. The number of halogens is 2. The Hall–Kier alpha value is -5.06. The molecule has 5 rings (SSSR count). The van der Waals surface area contributed by atoms with Crippen LogP contribution in [-0.4, -0.2) is 91.0 Å². The van der Waals surface area contributed by atoms with Crippen LogP contribution in [0.4, 0.5) is 30.3 Å². The number of anilines is 2. The van der Waals surface area contributed by atoms with Crippen LogP contribution in [0.25, 0.3) is 11.2 Å². The minimum atomic E-state index is -1.68. The Morgan fingerprint density at radius 3 is 2.40 bits per heavy atom. The van der Waals surface area contributed by atoms with Gasteiger partial charge in [-0.2, -0.15) is 4.90 Å². The molecule has 2 aliphatic rings. The number of carbonyl (C=O) groups is 5. The summed E-state index contributed by atoms with van der Waals surface area (Å²) in [6, 6.07) is 1.32. The molecule has 3 aromatic rings. The fourth-order valence-electron chi connectivity index (χ4n) is 5.53. The van der Waals surface area contributed by atoms with Crippen LogP contribution >= 0.6 is 11.6 Å². The second-order valence-corrected chi connectivity index (χ2v) is 14.6. The van der Waals surface area contributed by atoms with Gasteiger partial charge in [-0.25, -0.2) is 33.7 Å². The zero-order valence-electron chi connectivity index (χ0n) is 28.4. The van der Waals surface area contributed by atoms with Crippen molar-refractivity contribution in [2.45, 2.75) is 90.1 Å². The summed E-state index contributed by atoms with van der Waals surface area (Å²) in [6.45, 7) is 9.69. The minimum Gasteiger partial charge on any atom is -0.464 e. The maximum atomic E-state index is 15.4. The van der Waals surface area contributed by atoms with Gasteiger partial charge >= 0.3 is 18.3 Å². The second kappa shape index (κ2) is 13.3. The van der Waals surface area contributed by atoms with E-state index in [1.165, 1.54) is 17.0 Å². The second-order valence-electron chi connectivity index (χ2n) is 14.2. The summed E-state index contributed by atoms with van der Waals surface area (Å²) < 4.78 is 27.6. The number of hydrogen-bond acceptors (Lipinski definition) is 11. The highest BCUT2D eigenvalue weighted by Crippen LogP contribution is 2.37. The number of nitrogens with zero attached hydrogens (tertiary/aromatic N) is 6. The monoisotopic (exact) mass is 716 g/mol. The van der Waals surface area contributed by atoms with Gasteiger partial charge in [0.15, 0.2) is 29.1 Å². The van der Waals surface area contributed by atoms with Crippen molar-refractivity contribution >= 4 is 64.7 Å². The summed E-state index contributed by atoms with van der Waals surface area (Å²) in [4.78, 5) is 78.5. The quantitative estimate of drug-likeness (QED) is 0.273. The van der Waals surface area contributed by atoms with E-state index in [1.807, 2.05) is 0 Å². The normalized spacial score (nSPS) is 17.7. The summed E-state index contributed by atoms with van der Waals surface area (Å²) in [7, 11) is 0. The Labute approximate surface area is 291 Å². The lowest BCUT2D eigenvalue weighted by Crippen LogP contribution is -2.61. The molecule has 1 aliphatic heterocycles. The van der Waals surface area contributed by atoms with E-state index >= 15 is 4.39 Å². The Morgan fingerprint density at radius 2 is 1.80 bits per heavy atom. The van der Waals surface area contributed by atoms with Gasteiger partial charge in [0, 0.05) is 23.8 Å². The van der Waals surface area contributed by atoms with E-state index in [0.717, 1.165) is 19.2 Å². The molecule has 1 saturated carbocycles. The molecule has 0 bridgehead atoms. The van der Waals surface area contributed by atoms with Crippen LogP contribution < -0.4 is 20.4 Å². The number of ether oxygens (including phenoxy) is 2. The Balaban J connectivity index is 1.54. The van der Waals surface area contributed by atoms with Crippen LogP contribution in [0, 0.1) is 5.82 Å². The molecule has 0 spiro atoms. The number of hydrogen-bond donors (Lipinski definition) is 3. The number of aldehydes is 1. The number of imide groups is 1. The molecule has 1 aliphatic carbocycles. The molecular formula is C32H38ClFN8O8. The molecular weight excluding hydrogens is 679 g/mol. The summed E-state index contributed by atoms with van der Waals surface area (Å²) in [6.07, 6.45) is 0.690. The molecule has 0 radical (unpaired) electrons. The van der Waals surface area contributed by atoms with E-state index in [0.29, 0.717) is 16.9 Å². The van der Waals surface area contributed by atoms with Crippen molar-refractivity contribution < 1.29 is 42.9 Å². The molecule has 4 amide bonds. The zero-order valence-corrected chi connectivity index (χ0v) is 29.1. The standard InChI is InChI=1S/C32H38ClFN8O8/c1-30(2,3)49-27(45)39-32(26(44)38-17-7-8-17)9-10-40(14-32)21-11-20(33)22(34)19(13-43)18(21)12-41-16-37-23-24(41)35-15-36-25(23)42(28(46)47)29(48)50-31(4,5)6/h11,13,15-17H,7-10,12,14H2,1-6H3,(H,38,44)(H,39,45)(H,46,47)/t32-/m1/s1. The summed E-state index contributed by atoms with van der Waals surface area (Å²) in [5, 5.41) is 15.3. The van der Waals surface area contributed by atoms with Crippen molar-refractivity contribution in [2.75, 3.05) is 22.9 Å². The largest absolute Gasteiger partial charge is 0.464 e. The minimum absolute atomic E-state index is 0.0138. The van der Waals surface area contributed by atoms with Gasteiger partial charge in [0.05, 0.1) is 30.0 Å². The van der Waals surface area contributed by atoms with E-state index in [2.05, 4.69) is 25.6 Å². The molecule has 1 saturated heterocycles. The van der Waals surface area contributed by atoms with Gasteiger partial charge in [-0.1, -0.05) is 11.6 Å². The predicted octanol–water partition coefficient (Wildman–Crippen LogP) is 4.65. The molecule has 2 fully saturated rings. The highest BCUT2D eigenvalue weighted by molar-refractivity contribution is 6.31. The third-order valence-electron chi connectivity index (χ3n) is 7.85. The average molecular weight is 717 g/mol. The van der Waals surface area contributed by atoms with Gasteiger partial charge in [0.1, 0.15) is 23.1 Å². The van der Waals surface area contributed by atoms with Gasteiger partial charge in [0.25, 0.3) is 0 Å². The first kappa shape index (κ1) is 36.2. The maximum Gasteiger partial charge on any atom is 0.425 e. The van der Waals surface area contributed by atoms with Crippen LogP contribution in [0.3, 0.4) is 0 Å². The number of amides is 4. The highest BCUT2D eigenvalue weighted by Gasteiger charge is 2.48. The molecule has 3 heterocycles. The van der Waals surface area contributed by atoms with Gasteiger partial charge in [-0.05, 0) is 66.9 Å². The SMILES string of the molecule is CC(C)(C)OC(=O)N[C@]1(C(=O)NC2CC2)CCN(c2cc(Cl)c(F)c(C=O)c2Cn2cnc3c(N(C(=O)O)C(=O)OC(C)(C)C)ncnc32)C1. The molecule has 0 unspecified atom stereocenters. The third-order valence-corrected chi connectivity index (χ3v) is 8.12. The molecule has 16 nitrogen and oxygen atoms in total. The van der Waals surface area contributed by atoms with E-state index in [9.17, 15) is 29.1 Å². The summed E-state index contributed by atoms with van der Waals surface area (Å²) in [5.41, 5.74) is -3.28. The van der Waals surface area contributed by atoms with Gasteiger partial charge < -0.3 is 34.7 Å². The number of nitrogens with one attached hydrogen (secondary N) is 2. The molecule has 1 atom stereocenters. The molecule has 1 aromatic carbocycles. The van der Waals surface area contributed by atoms with Gasteiger partial charge in [0.2, 0.25) is 5.91 Å². The van der Waals surface area contributed by atoms with E-state index in [1.54, 1.807) is 46.4 Å². The van der Waals surface area contributed by atoms with Crippen molar-refractivity contribution in [3.63, 3.8) is 0 Å². The summed E-state index contributed by atoms with van der Waals surface area (Å²) >= 11 is 6.28. The number of alkyl carbamates (subject to hydrolysis) is 1. The van der Waals surface area contributed by atoms with Crippen molar-refractivity contribution in [1.29, 1.82) is 0 Å². The van der Waals surface area contributed by atoms with E-state index in [-0.39, 0.29) is 65.2 Å². The number of imidazole rings is 1. The fourth-order valence-corrected chi connectivity index (χ4v) is 5.74. The van der Waals surface area contributed by atoms with Crippen LogP contribution in [0.1, 0.15) is 76.7 Å². The number of fused-ring (bicyclic) bond motifs is 1. The van der Waals surface area contributed by atoms with Crippen molar-refractivity contribution in [1.82, 2.24) is 30.2 Å². The predicted molar refractivity (Wildman–Crippen MR) is 178 cm³/mol. The molecule has 2 aromatic heterocycles. The van der Waals surface area contributed by atoms with E-state index < -0.39 is 46.7 Å². The van der Waals surface area contributed by atoms with Crippen LogP contribution in [0.2, 0.25) is 5.02 Å². The van der Waals surface area contributed by atoms with Crippen LogP contribution in [-0.2, 0) is 20.8 Å². The van der Waals surface area contributed by atoms with Crippen molar-refractivity contribution in [3.8, 4) is 0 Å². The smallest absolute Gasteiger partial charge is 0.425 e. The number of benzene rings is 1. The lowest BCUT2D eigenvalue weighted by atomic mass is 9.97. The average Bonchev–Trinajstić information content (AvgIpc) is 3.55. The number of carboxylic acid groups (broad SMARTS) is 1. The Morgan fingerprint density at radius 1 is 1.12 bits per heavy atom. The molecule has 3 N–H and O–H groups in total. The lowest BCUT2D eigenvalue weighted by Gasteiger charge is -2.32.